The number of aliphatic hydroxyl groups excluding tert-OH is 3. The Hall–Kier alpha value is -0.890. The van der Waals surface area contributed by atoms with E-state index >= 15 is 0 Å². The molecule has 11 heavy (non-hydrogen) atoms. The molecule has 62 valence electrons. The Bertz CT molecular complexity index is 160. The van der Waals surface area contributed by atoms with Crippen molar-refractivity contribution < 1.29 is 20.1 Å². The van der Waals surface area contributed by atoms with E-state index < -0.39 is 18.3 Å². The molecule has 0 bridgehead atoms. The van der Waals surface area contributed by atoms with Crippen molar-refractivity contribution in [1.82, 2.24) is 0 Å². The number of hydrogen-bond donors (Lipinski definition) is 3. The molecule has 0 radical (unpaired) electrons. The Morgan fingerprint density at radius 1 is 1.45 bits per heavy atom. The van der Waals surface area contributed by atoms with Crippen LogP contribution in [0.1, 0.15) is 6.42 Å². The molecule has 0 spiro atoms. The number of rotatable bonds is 4. The summed E-state index contributed by atoms with van der Waals surface area (Å²) < 4.78 is 0. The van der Waals surface area contributed by atoms with Gasteiger partial charge in [-0.05, 0) is 0 Å². The number of carbonyl (C=O) groups excluding carboxylic acids is 1. The van der Waals surface area contributed by atoms with Gasteiger partial charge in [-0.2, -0.15) is 0 Å². The quantitative estimate of drug-likeness (QED) is 0.336. The third-order valence-corrected chi connectivity index (χ3v) is 1.23. The van der Waals surface area contributed by atoms with Gasteiger partial charge in [0.2, 0.25) is 0 Å². The summed E-state index contributed by atoms with van der Waals surface area (Å²) in [7, 11) is 0. The minimum atomic E-state index is -1.45. The van der Waals surface area contributed by atoms with Crippen LogP contribution < -0.4 is 0 Å². The lowest BCUT2D eigenvalue weighted by atomic mass is 10.1. The number of carbonyl (C=O) groups is 1. The lowest BCUT2D eigenvalue weighted by Gasteiger charge is -2.16. The van der Waals surface area contributed by atoms with Gasteiger partial charge in [0.05, 0.1) is 6.10 Å². The molecule has 0 aromatic rings. The van der Waals surface area contributed by atoms with Crippen molar-refractivity contribution in [3.05, 3.63) is 0 Å². The first-order valence-electron chi connectivity index (χ1n) is 3.07. The van der Waals surface area contributed by atoms with Crippen LogP contribution in [-0.4, -0.2) is 39.9 Å². The van der Waals surface area contributed by atoms with Gasteiger partial charge in [-0.3, -0.25) is 0 Å². The summed E-state index contributed by atoms with van der Waals surface area (Å²) in [5.41, 5.74) is 0. The fraction of sp³-hybridized carbons (Fsp3) is 0.571. The predicted octanol–water partition coefficient (Wildman–Crippen LogP) is -1.71. The maximum absolute atomic E-state index is 9.83. The van der Waals surface area contributed by atoms with Gasteiger partial charge >= 0.3 is 0 Å². The second-order valence-electron chi connectivity index (χ2n) is 2.07. The maximum atomic E-state index is 9.83. The van der Waals surface area contributed by atoms with Gasteiger partial charge in [-0.25, -0.2) is 0 Å². The Kier molecular flexibility index (Phi) is 4.46. The Labute approximate surface area is 64.5 Å². The zero-order valence-corrected chi connectivity index (χ0v) is 5.84. The highest BCUT2D eigenvalue weighted by atomic mass is 16.4. The van der Waals surface area contributed by atoms with Crippen LogP contribution in [0.2, 0.25) is 0 Å². The van der Waals surface area contributed by atoms with Crippen molar-refractivity contribution in [3.63, 3.8) is 0 Å². The molecule has 0 saturated carbocycles. The van der Waals surface area contributed by atoms with Crippen molar-refractivity contribution in [2.45, 2.75) is 24.7 Å². The molecule has 0 rings (SSSR count). The van der Waals surface area contributed by atoms with Crippen LogP contribution >= 0.6 is 0 Å². The normalized spacial score (nSPS) is 18.0. The van der Waals surface area contributed by atoms with Crippen molar-refractivity contribution in [2.75, 3.05) is 0 Å². The van der Waals surface area contributed by atoms with Gasteiger partial charge in [0.25, 0.3) is 0 Å². The highest BCUT2D eigenvalue weighted by molar-refractivity contribution is 5.50. The highest BCUT2D eigenvalue weighted by Gasteiger charge is 2.22. The second kappa shape index (κ2) is 4.85. The summed E-state index contributed by atoms with van der Waals surface area (Å²) in [4.78, 5) is 9.83. The van der Waals surface area contributed by atoms with E-state index in [9.17, 15) is 4.79 Å². The molecule has 3 N–H and O–H groups in total. The van der Waals surface area contributed by atoms with Crippen LogP contribution in [0.3, 0.4) is 0 Å². The van der Waals surface area contributed by atoms with Gasteiger partial charge in [-0.1, -0.05) is 5.92 Å². The number of terminal acetylenes is 1. The standard InChI is InChI=1S/C7H10O4/c1-2-5(9)7(11)6(10)3-4-8/h1,4-7,9-11H,3H2/t5-,6+,7-/m1/s1. The number of aliphatic hydroxyl groups is 3. The van der Waals surface area contributed by atoms with E-state index in [0.717, 1.165) is 0 Å². The third-order valence-electron chi connectivity index (χ3n) is 1.23. The molecule has 0 heterocycles. The average molecular weight is 158 g/mol. The molecular weight excluding hydrogens is 148 g/mol. The highest BCUT2D eigenvalue weighted by Crippen LogP contribution is 2.01. The lowest BCUT2D eigenvalue weighted by molar-refractivity contribution is -0.112. The minimum absolute atomic E-state index is 0.236. The monoisotopic (exact) mass is 158 g/mol. The molecule has 0 aromatic heterocycles. The van der Waals surface area contributed by atoms with Crippen LogP contribution in [0.15, 0.2) is 0 Å². The molecule has 4 nitrogen and oxygen atoms in total. The average Bonchev–Trinajstić information content (AvgIpc) is 2.02. The van der Waals surface area contributed by atoms with E-state index in [2.05, 4.69) is 0 Å². The molecule has 0 amide bonds. The molecule has 0 unspecified atom stereocenters. The van der Waals surface area contributed by atoms with Crippen LogP contribution in [-0.2, 0) is 4.79 Å². The lowest BCUT2D eigenvalue weighted by Crippen LogP contribution is -2.36. The van der Waals surface area contributed by atoms with E-state index in [0.29, 0.717) is 6.29 Å². The molecule has 0 aliphatic heterocycles. The fourth-order valence-electron chi connectivity index (χ4n) is 0.547. The van der Waals surface area contributed by atoms with Crippen molar-refractivity contribution >= 4 is 6.29 Å². The van der Waals surface area contributed by atoms with Gasteiger partial charge in [0.1, 0.15) is 18.5 Å². The van der Waals surface area contributed by atoms with E-state index in [1.54, 1.807) is 0 Å². The summed E-state index contributed by atoms with van der Waals surface area (Å²) >= 11 is 0. The zero-order valence-electron chi connectivity index (χ0n) is 5.84. The summed E-state index contributed by atoms with van der Waals surface area (Å²) in [6.45, 7) is 0. The molecule has 0 aromatic carbocycles. The molecule has 0 aliphatic rings. The SMILES string of the molecule is C#C[C@@H](O)[C@@H](O)[C@@H](O)CC=O. The molecule has 0 saturated heterocycles. The van der Waals surface area contributed by atoms with Gasteiger partial charge in [0, 0.05) is 6.42 Å². The van der Waals surface area contributed by atoms with Gasteiger partial charge in [-0.15, -0.1) is 6.42 Å². The van der Waals surface area contributed by atoms with E-state index in [1.165, 1.54) is 0 Å². The topological polar surface area (TPSA) is 77.8 Å². The van der Waals surface area contributed by atoms with E-state index in [4.69, 9.17) is 21.7 Å². The summed E-state index contributed by atoms with van der Waals surface area (Å²) in [6.07, 6.45) is 0.780. The Morgan fingerprint density at radius 3 is 2.36 bits per heavy atom. The van der Waals surface area contributed by atoms with Crippen molar-refractivity contribution in [1.29, 1.82) is 0 Å². The Morgan fingerprint density at radius 2 is 2.00 bits per heavy atom. The number of hydrogen-bond acceptors (Lipinski definition) is 4. The number of aldehydes is 1. The first kappa shape index (κ1) is 10.1. The summed E-state index contributed by atoms with van der Waals surface area (Å²) in [5, 5.41) is 26.6. The molecule has 0 aliphatic carbocycles. The largest absolute Gasteiger partial charge is 0.390 e. The van der Waals surface area contributed by atoms with Crippen LogP contribution in [0, 0.1) is 12.3 Å². The molecule has 4 heteroatoms. The van der Waals surface area contributed by atoms with Crippen molar-refractivity contribution in [3.8, 4) is 12.3 Å². The van der Waals surface area contributed by atoms with E-state index in [1.807, 2.05) is 5.92 Å². The molecular formula is C7H10O4. The van der Waals surface area contributed by atoms with E-state index in [-0.39, 0.29) is 6.42 Å². The first-order chi connectivity index (χ1) is 5.13. The zero-order chi connectivity index (χ0) is 8.85. The van der Waals surface area contributed by atoms with Gasteiger partial charge < -0.3 is 20.1 Å². The molecule has 0 fully saturated rings. The van der Waals surface area contributed by atoms with Crippen molar-refractivity contribution in [2.24, 2.45) is 0 Å². The summed E-state index contributed by atoms with van der Waals surface area (Å²) in [5.74, 6) is 1.83. The maximum Gasteiger partial charge on any atom is 0.142 e. The summed E-state index contributed by atoms with van der Waals surface area (Å²) in [6, 6.07) is 0. The van der Waals surface area contributed by atoms with Crippen LogP contribution in [0.25, 0.3) is 0 Å². The fourth-order valence-corrected chi connectivity index (χ4v) is 0.547. The minimum Gasteiger partial charge on any atom is -0.390 e. The third kappa shape index (κ3) is 3.14. The van der Waals surface area contributed by atoms with Crippen LogP contribution in [0.4, 0.5) is 0 Å². The predicted molar refractivity (Wildman–Crippen MR) is 37.5 cm³/mol. The molecule has 3 atom stereocenters. The Balaban J connectivity index is 3.91. The smallest absolute Gasteiger partial charge is 0.142 e. The van der Waals surface area contributed by atoms with Gasteiger partial charge in [0.15, 0.2) is 0 Å². The second-order valence-corrected chi connectivity index (χ2v) is 2.07. The van der Waals surface area contributed by atoms with Crippen LogP contribution in [0.5, 0.6) is 0 Å². The first-order valence-corrected chi connectivity index (χ1v) is 3.07.